The summed E-state index contributed by atoms with van der Waals surface area (Å²) in [6.07, 6.45) is 82.2. The topological polar surface area (TPSA) is 78.9 Å². The molecule has 0 aromatic rings. The molecule has 0 aliphatic rings. The van der Waals surface area contributed by atoms with Crippen LogP contribution in [-0.4, -0.2) is 37.2 Å². The van der Waals surface area contributed by atoms with Crippen molar-refractivity contribution in [2.45, 2.75) is 406 Å². The highest BCUT2D eigenvalue weighted by Crippen LogP contribution is 2.19. The maximum Gasteiger partial charge on any atom is 0.306 e. The fourth-order valence-electron chi connectivity index (χ4n) is 10.8. The van der Waals surface area contributed by atoms with E-state index >= 15 is 0 Å². The Morgan fingerprint density at radius 2 is 0.436 bits per heavy atom. The molecular formula is C72H136O6. The highest BCUT2D eigenvalue weighted by atomic mass is 16.6. The van der Waals surface area contributed by atoms with Crippen molar-refractivity contribution in [2.75, 3.05) is 13.2 Å². The average Bonchev–Trinajstić information content (AvgIpc) is 3.44. The van der Waals surface area contributed by atoms with Gasteiger partial charge in [-0.05, 0) is 64.2 Å². The number of unbranched alkanes of at least 4 members (excludes halogenated alkanes) is 51. The van der Waals surface area contributed by atoms with E-state index in [0.717, 1.165) is 64.2 Å². The van der Waals surface area contributed by atoms with Crippen LogP contribution in [0.4, 0.5) is 0 Å². The normalized spacial score (nSPS) is 12.1. The van der Waals surface area contributed by atoms with Crippen LogP contribution < -0.4 is 0 Å². The molecule has 0 saturated heterocycles. The average molecular weight is 1100 g/mol. The molecule has 0 aromatic carbocycles. The Kier molecular flexibility index (Phi) is 65.6. The van der Waals surface area contributed by atoms with E-state index in [9.17, 15) is 14.4 Å². The monoisotopic (exact) mass is 1100 g/mol. The molecule has 0 heterocycles. The van der Waals surface area contributed by atoms with Gasteiger partial charge >= 0.3 is 17.9 Å². The number of allylic oxidation sites excluding steroid dienone is 4. The summed E-state index contributed by atoms with van der Waals surface area (Å²) in [4.78, 5) is 38.3. The Morgan fingerprint density at radius 3 is 0.679 bits per heavy atom. The summed E-state index contributed by atoms with van der Waals surface area (Å²) in [6, 6.07) is 0. The number of carbonyl (C=O) groups is 3. The zero-order valence-electron chi connectivity index (χ0n) is 53.0. The van der Waals surface area contributed by atoms with Crippen LogP contribution in [0.3, 0.4) is 0 Å². The molecule has 0 radical (unpaired) electrons. The van der Waals surface area contributed by atoms with Gasteiger partial charge in [-0.25, -0.2) is 0 Å². The predicted octanol–water partition coefficient (Wildman–Crippen LogP) is 24.2. The third-order valence-corrected chi connectivity index (χ3v) is 16.2. The van der Waals surface area contributed by atoms with Gasteiger partial charge in [0.25, 0.3) is 0 Å². The fraction of sp³-hybridized carbons (Fsp3) is 0.903. The van der Waals surface area contributed by atoms with Crippen LogP contribution >= 0.6 is 0 Å². The summed E-state index contributed by atoms with van der Waals surface area (Å²) in [7, 11) is 0. The van der Waals surface area contributed by atoms with Crippen molar-refractivity contribution < 1.29 is 28.6 Å². The summed E-state index contributed by atoms with van der Waals surface area (Å²) in [6.45, 7) is 6.67. The lowest BCUT2D eigenvalue weighted by Gasteiger charge is -2.18. The molecular weight excluding hydrogens is 961 g/mol. The standard InChI is InChI=1S/C72H136O6/c1-4-7-10-13-16-19-22-24-26-28-30-32-33-34-35-36-37-38-40-41-43-45-47-50-53-56-59-62-65-71(74)77-68-69(67-76-70(73)64-61-58-55-52-49-21-18-15-12-9-6-3)78-72(75)66-63-60-57-54-51-48-46-44-42-39-31-29-27-25-23-20-17-14-11-8-5-2/h15,18,29,31,69H,4-14,16-17,19-28,30,32-68H2,1-3H3/b18-15-,31-29-. The maximum atomic E-state index is 12.9. The molecule has 0 saturated carbocycles. The van der Waals surface area contributed by atoms with Gasteiger partial charge in [0.15, 0.2) is 6.10 Å². The largest absolute Gasteiger partial charge is 0.462 e. The van der Waals surface area contributed by atoms with Crippen LogP contribution in [0.5, 0.6) is 0 Å². The lowest BCUT2D eigenvalue weighted by molar-refractivity contribution is -0.167. The molecule has 78 heavy (non-hydrogen) atoms. The van der Waals surface area contributed by atoms with Gasteiger partial charge in [-0.15, -0.1) is 0 Å². The number of ether oxygens (including phenoxy) is 3. The first-order valence-corrected chi connectivity index (χ1v) is 35.3. The first kappa shape index (κ1) is 75.9. The summed E-state index contributed by atoms with van der Waals surface area (Å²) in [5.41, 5.74) is 0. The third kappa shape index (κ3) is 64.7. The SMILES string of the molecule is CCCC/C=C\CCCCCCCC(=O)OCC(COC(=O)CCCCCCCCCCCCCCCCCCCCCCCCCCCCCC)OC(=O)CCCCCCCCCCC/C=C\CCCCCCCCCC. The van der Waals surface area contributed by atoms with Crippen molar-refractivity contribution >= 4 is 17.9 Å². The highest BCUT2D eigenvalue weighted by Gasteiger charge is 2.19. The van der Waals surface area contributed by atoms with E-state index in [2.05, 4.69) is 45.1 Å². The van der Waals surface area contributed by atoms with Crippen LogP contribution in [0.2, 0.25) is 0 Å². The van der Waals surface area contributed by atoms with Gasteiger partial charge in [-0.1, -0.05) is 340 Å². The predicted molar refractivity (Wildman–Crippen MR) is 340 cm³/mol. The molecule has 460 valence electrons. The molecule has 0 fully saturated rings. The number of hydrogen-bond donors (Lipinski definition) is 0. The zero-order chi connectivity index (χ0) is 56.4. The van der Waals surface area contributed by atoms with E-state index in [0.29, 0.717) is 19.3 Å². The number of rotatable bonds is 66. The summed E-state index contributed by atoms with van der Waals surface area (Å²) >= 11 is 0. The van der Waals surface area contributed by atoms with Crippen LogP contribution in [0, 0.1) is 0 Å². The zero-order valence-corrected chi connectivity index (χ0v) is 53.0. The van der Waals surface area contributed by atoms with Gasteiger partial charge in [0, 0.05) is 19.3 Å². The molecule has 0 aromatic heterocycles. The van der Waals surface area contributed by atoms with Gasteiger partial charge in [-0.2, -0.15) is 0 Å². The number of esters is 3. The van der Waals surface area contributed by atoms with E-state index in [-0.39, 0.29) is 31.1 Å². The molecule has 0 spiro atoms. The van der Waals surface area contributed by atoms with E-state index in [1.165, 1.54) is 295 Å². The molecule has 0 bridgehead atoms. The molecule has 0 rings (SSSR count). The quantitative estimate of drug-likeness (QED) is 0.0261. The van der Waals surface area contributed by atoms with Gasteiger partial charge in [-0.3, -0.25) is 14.4 Å². The minimum atomic E-state index is -0.773. The van der Waals surface area contributed by atoms with Crippen LogP contribution in [-0.2, 0) is 28.6 Å². The number of carbonyl (C=O) groups excluding carboxylic acids is 3. The molecule has 0 N–H and O–H groups in total. The second kappa shape index (κ2) is 67.4. The van der Waals surface area contributed by atoms with E-state index in [1.54, 1.807) is 0 Å². The first-order chi connectivity index (χ1) is 38.5. The van der Waals surface area contributed by atoms with Crippen molar-refractivity contribution in [3.63, 3.8) is 0 Å². The van der Waals surface area contributed by atoms with Crippen LogP contribution in [0.25, 0.3) is 0 Å². The highest BCUT2D eigenvalue weighted by molar-refractivity contribution is 5.71. The lowest BCUT2D eigenvalue weighted by Crippen LogP contribution is -2.30. The Balaban J connectivity index is 4.14. The van der Waals surface area contributed by atoms with Gasteiger partial charge in [0.05, 0.1) is 0 Å². The van der Waals surface area contributed by atoms with Crippen LogP contribution in [0.1, 0.15) is 400 Å². The summed E-state index contributed by atoms with van der Waals surface area (Å²) < 4.78 is 17.0. The minimum absolute atomic E-state index is 0.0696. The minimum Gasteiger partial charge on any atom is -0.462 e. The molecule has 6 nitrogen and oxygen atoms in total. The van der Waals surface area contributed by atoms with Crippen molar-refractivity contribution in [2.24, 2.45) is 0 Å². The molecule has 0 aliphatic carbocycles. The molecule has 1 unspecified atom stereocenters. The Bertz CT molecular complexity index is 1260. The second-order valence-corrected chi connectivity index (χ2v) is 24.1. The maximum absolute atomic E-state index is 12.9. The molecule has 0 amide bonds. The van der Waals surface area contributed by atoms with Gasteiger partial charge < -0.3 is 14.2 Å². The van der Waals surface area contributed by atoms with E-state index < -0.39 is 6.10 Å². The molecule has 0 aliphatic heterocycles. The van der Waals surface area contributed by atoms with Crippen molar-refractivity contribution in [3.05, 3.63) is 24.3 Å². The fourth-order valence-corrected chi connectivity index (χ4v) is 10.8. The second-order valence-electron chi connectivity index (χ2n) is 24.1. The third-order valence-electron chi connectivity index (χ3n) is 16.2. The Hall–Kier alpha value is -2.11. The van der Waals surface area contributed by atoms with Crippen LogP contribution in [0.15, 0.2) is 24.3 Å². The van der Waals surface area contributed by atoms with Crippen molar-refractivity contribution in [1.82, 2.24) is 0 Å². The number of hydrogen-bond acceptors (Lipinski definition) is 6. The summed E-state index contributed by atoms with van der Waals surface area (Å²) in [5.74, 6) is -0.854. The Labute approximate surface area is 487 Å². The van der Waals surface area contributed by atoms with E-state index in [4.69, 9.17) is 14.2 Å². The molecule has 6 heteroatoms. The molecule has 1 atom stereocenters. The van der Waals surface area contributed by atoms with Crippen molar-refractivity contribution in [3.8, 4) is 0 Å². The Morgan fingerprint density at radius 1 is 0.244 bits per heavy atom. The van der Waals surface area contributed by atoms with Gasteiger partial charge in [0.1, 0.15) is 13.2 Å². The van der Waals surface area contributed by atoms with Crippen molar-refractivity contribution in [1.29, 1.82) is 0 Å². The van der Waals surface area contributed by atoms with E-state index in [1.807, 2.05) is 0 Å². The smallest absolute Gasteiger partial charge is 0.306 e. The first-order valence-electron chi connectivity index (χ1n) is 35.3. The lowest BCUT2D eigenvalue weighted by atomic mass is 10.0. The van der Waals surface area contributed by atoms with Gasteiger partial charge in [0.2, 0.25) is 0 Å². The summed E-state index contributed by atoms with van der Waals surface area (Å²) in [5, 5.41) is 0.